The monoisotopic (exact) mass is 405 g/mol. The summed E-state index contributed by atoms with van der Waals surface area (Å²) < 4.78 is 55.6. The van der Waals surface area contributed by atoms with Crippen LogP contribution in [-0.2, 0) is 19.6 Å². The fourth-order valence-electron chi connectivity index (χ4n) is 3.35. The van der Waals surface area contributed by atoms with E-state index in [4.69, 9.17) is 0 Å². The Labute approximate surface area is 160 Å². The lowest BCUT2D eigenvalue weighted by atomic mass is 9.79. The van der Waals surface area contributed by atoms with Crippen LogP contribution in [0.15, 0.2) is 18.2 Å². The molecule has 0 amide bonds. The van der Waals surface area contributed by atoms with E-state index in [1.54, 1.807) is 13.8 Å². The van der Waals surface area contributed by atoms with Gasteiger partial charge < -0.3 is 4.74 Å². The molecule has 1 aliphatic rings. The molecule has 154 valence electrons. The summed E-state index contributed by atoms with van der Waals surface area (Å²) in [6.07, 6.45) is 3.48. The highest BCUT2D eigenvalue weighted by atomic mass is 32.2. The lowest BCUT2D eigenvalue weighted by molar-refractivity contribution is -0.131. The Morgan fingerprint density at radius 3 is 2.04 bits per heavy atom. The molecule has 0 bridgehead atoms. The molecule has 1 aromatic rings. The highest BCUT2D eigenvalue weighted by Gasteiger charge is 2.30. The minimum Gasteiger partial charge on any atom is -0.465 e. The zero-order valence-corrected chi connectivity index (χ0v) is 17.1. The summed E-state index contributed by atoms with van der Waals surface area (Å²) in [5.41, 5.74) is 0.674. The minimum atomic E-state index is -3.15. The Morgan fingerprint density at radius 2 is 1.70 bits per heavy atom. The topological polar surface area (TPSA) is 63.7 Å². The first-order valence-corrected chi connectivity index (χ1v) is 10.9. The van der Waals surface area contributed by atoms with E-state index in [1.165, 1.54) is 22.7 Å². The summed E-state index contributed by atoms with van der Waals surface area (Å²) in [5, 5.41) is 0. The van der Waals surface area contributed by atoms with Gasteiger partial charge in [-0.1, -0.05) is 6.92 Å². The molecule has 1 unspecified atom stereocenters. The second kappa shape index (κ2) is 10.7. The maximum Gasteiger partial charge on any atom is 0.293 e. The van der Waals surface area contributed by atoms with Crippen molar-refractivity contribution in [3.63, 3.8) is 0 Å². The molecular formula is C19H29F2NO4S. The smallest absolute Gasteiger partial charge is 0.293 e. The Hall–Kier alpha value is -1.54. The maximum absolute atomic E-state index is 13.4. The number of piperidine rings is 1. The Kier molecular flexibility index (Phi) is 9.32. The van der Waals surface area contributed by atoms with E-state index in [9.17, 15) is 22.0 Å². The van der Waals surface area contributed by atoms with Crippen LogP contribution in [0.1, 0.15) is 51.5 Å². The molecule has 0 radical (unpaired) electrons. The quantitative estimate of drug-likeness (QED) is 0.677. The molecule has 1 aliphatic heterocycles. The third-order valence-electron chi connectivity index (χ3n) is 4.62. The van der Waals surface area contributed by atoms with E-state index in [-0.39, 0.29) is 17.9 Å². The van der Waals surface area contributed by atoms with Gasteiger partial charge in [-0.05, 0) is 62.6 Å². The van der Waals surface area contributed by atoms with Crippen molar-refractivity contribution in [2.75, 3.05) is 19.3 Å². The highest BCUT2D eigenvalue weighted by Crippen LogP contribution is 2.36. The second-order valence-electron chi connectivity index (χ2n) is 7.00. The summed E-state index contributed by atoms with van der Waals surface area (Å²) in [4.78, 5) is 9.39. The van der Waals surface area contributed by atoms with Crippen LogP contribution in [0, 0.1) is 17.6 Å². The van der Waals surface area contributed by atoms with E-state index in [0.29, 0.717) is 25.1 Å². The van der Waals surface area contributed by atoms with Gasteiger partial charge in [0.25, 0.3) is 6.47 Å². The van der Waals surface area contributed by atoms with Gasteiger partial charge in [0.15, 0.2) is 0 Å². The molecule has 8 heteroatoms. The third kappa shape index (κ3) is 7.92. The number of carbonyl (C=O) groups is 1. The molecule has 1 fully saturated rings. The number of ether oxygens (including phenoxy) is 1. The molecule has 0 aromatic heterocycles. The predicted molar refractivity (Wildman–Crippen MR) is 101 cm³/mol. The van der Waals surface area contributed by atoms with Crippen molar-refractivity contribution in [2.45, 2.75) is 52.1 Å². The van der Waals surface area contributed by atoms with Crippen molar-refractivity contribution in [3.05, 3.63) is 35.4 Å². The van der Waals surface area contributed by atoms with Crippen LogP contribution >= 0.6 is 0 Å². The first kappa shape index (κ1) is 23.5. The number of hydrogen-bond donors (Lipinski definition) is 0. The summed E-state index contributed by atoms with van der Waals surface area (Å²) in [5.74, 6) is -0.792. The minimum absolute atomic E-state index is 0.0301. The van der Waals surface area contributed by atoms with Gasteiger partial charge in [0, 0.05) is 19.2 Å². The standard InChI is InChI=1S/C15H21F2NO2S.C4H8O2/c1-3-15(12-8-13(16)10-14(17)9-12)11-4-6-18(7-5-11)21(2,19)20;1-4(2)6-3-5/h8-11,15H,3-7H2,1-2H3;3-4H,1-2H3. The van der Waals surface area contributed by atoms with Crippen LogP contribution < -0.4 is 0 Å². The predicted octanol–water partition coefficient (Wildman–Crippen LogP) is 3.70. The Morgan fingerprint density at radius 1 is 1.19 bits per heavy atom. The number of carbonyl (C=O) groups excluding carboxylic acids is 1. The van der Waals surface area contributed by atoms with Gasteiger partial charge >= 0.3 is 0 Å². The summed E-state index contributed by atoms with van der Waals surface area (Å²) >= 11 is 0. The number of hydrogen-bond acceptors (Lipinski definition) is 4. The largest absolute Gasteiger partial charge is 0.465 e. The average Bonchev–Trinajstić information content (AvgIpc) is 2.55. The van der Waals surface area contributed by atoms with Crippen LogP contribution in [0.25, 0.3) is 0 Å². The molecule has 0 saturated carbocycles. The molecule has 5 nitrogen and oxygen atoms in total. The fourth-order valence-corrected chi connectivity index (χ4v) is 4.23. The number of sulfonamides is 1. The maximum atomic E-state index is 13.4. The highest BCUT2D eigenvalue weighted by molar-refractivity contribution is 7.88. The average molecular weight is 406 g/mol. The molecule has 1 aromatic carbocycles. The molecule has 1 saturated heterocycles. The van der Waals surface area contributed by atoms with Gasteiger partial charge in [-0.15, -0.1) is 0 Å². The van der Waals surface area contributed by atoms with Crippen LogP contribution in [0.4, 0.5) is 8.78 Å². The Bertz CT molecular complexity index is 681. The van der Waals surface area contributed by atoms with E-state index in [0.717, 1.165) is 25.3 Å². The van der Waals surface area contributed by atoms with Crippen LogP contribution in [0.2, 0.25) is 0 Å². The molecule has 0 spiro atoms. The first-order valence-electron chi connectivity index (χ1n) is 9.08. The summed E-state index contributed by atoms with van der Waals surface area (Å²) in [7, 11) is -3.15. The third-order valence-corrected chi connectivity index (χ3v) is 5.92. The zero-order chi connectivity index (χ0) is 20.6. The van der Waals surface area contributed by atoms with Crippen molar-refractivity contribution in [1.29, 1.82) is 0 Å². The lowest BCUT2D eigenvalue weighted by Crippen LogP contribution is -2.39. The molecule has 1 atom stereocenters. The van der Waals surface area contributed by atoms with Crippen LogP contribution in [0.3, 0.4) is 0 Å². The second-order valence-corrected chi connectivity index (χ2v) is 8.98. The van der Waals surface area contributed by atoms with E-state index in [2.05, 4.69) is 4.74 Å². The molecular weight excluding hydrogens is 376 g/mol. The fraction of sp³-hybridized carbons (Fsp3) is 0.632. The number of benzene rings is 1. The van der Waals surface area contributed by atoms with Gasteiger partial charge in [-0.3, -0.25) is 4.79 Å². The van der Waals surface area contributed by atoms with Crippen molar-refractivity contribution in [1.82, 2.24) is 4.31 Å². The van der Waals surface area contributed by atoms with E-state index in [1.807, 2.05) is 6.92 Å². The molecule has 0 aliphatic carbocycles. The molecule has 27 heavy (non-hydrogen) atoms. The van der Waals surface area contributed by atoms with Crippen molar-refractivity contribution >= 4 is 16.5 Å². The number of halogens is 2. The number of rotatable bonds is 6. The van der Waals surface area contributed by atoms with Gasteiger partial charge in [0.2, 0.25) is 10.0 Å². The van der Waals surface area contributed by atoms with Crippen molar-refractivity contribution in [2.24, 2.45) is 5.92 Å². The van der Waals surface area contributed by atoms with Crippen molar-refractivity contribution < 1.29 is 26.7 Å². The lowest BCUT2D eigenvalue weighted by Gasteiger charge is -2.34. The molecule has 2 rings (SSSR count). The zero-order valence-electron chi connectivity index (χ0n) is 16.3. The van der Waals surface area contributed by atoms with Gasteiger partial charge in [0.1, 0.15) is 11.6 Å². The van der Waals surface area contributed by atoms with Gasteiger partial charge in [-0.25, -0.2) is 21.5 Å². The van der Waals surface area contributed by atoms with Crippen molar-refractivity contribution in [3.8, 4) is 0 Å². The normalized spacial score (nSPS) is 17.1. The summed E-state index contributed by atoms with van der Waals surface area (Å²) in [6.45, 7) is 7.01. The SMILES string of the molecule is CC(C)OC=O.CCC(c1cc(F)cc(F)c1)C1CCN(S(C)(=O)=O)CC1. The Balaban J connectivity index is 0.000000527. The van der Waals surface area contributed by atoms with Crippen LogP contribution in [-0.4, -0.2) is 44.6 Å². The number of nitrogens with zero attached hydrogens (tertiary/aromatic N) is 1. The van der Waals surface area contributed by atoms with Crippen LogP contribution in [0.5, 0.6) is 0 Å². The van der Waals surface area contributed by atoms with E-state index >= 15 is 0 Å². The van der Waals surface area contributed by atoms with E-state index < -0.39 is 21.7 Å². The molecule has 0 N–H and O–H groups in total. The summed E-state index contributed by atoms with van der Waals surface area (Å²) in [6, 6.07) is 3.66. The van der Waals surface area contributed by atoms with Gasteiger partial charge in [0.05, 0.1) is 12.4 Å². The van der Waals surface area contributed by atoms with Gasteiger partial charge in [-0.2, -0.15) is 0 Å². The molecule has 1 heterocycles. The first-order chi connectivity index (χ1) is 12.6.